The Labute approximate surface area is 159 Å². The van der Waals surface area contributed by atoms with Crippen molar-refractivity contribution >= 4 is 17.6 Å². The Morgan fingerprint density at radius 1 is 0.963 bits per heavy atom. The third kappa shape index (κ3) is 5.51. The SMILES string of the molecule is Cc1ccc(NC(=NCc2ccccn2)NC(=O)c2cccc(C)c2)cc1. The molecule has 0 saturated heterocycles. The molecule has 1 heterocycles. The molecule has 3 aromatic rings. The van der Waals surface area contributed by atoms with Gasteiger partial charge in [-0.25, -0.2) is 4.99 Å². The van der Waals surface area contributed by atoms with E-state index in [9.17, 15) is 4.79 Å². The maximum absolute atomic E-state index is 12.6. The smallest absolute Gasteiger partial charge is 0.257 e. The molecule has 0 aliphatic rings. The minimum absolute atomic E-state index is 0.210. The number of nitrogens with zero attached hydrogens (tertiary/aromatic N) is 2. The number of rotatable bonds is 4. The number of hydrogen-bond donors (Lipinski definition) is 2. The average molecular weight is 358 g/mol. The second kappa shape index (κ2) is 8.76. The highest BCUT2D eigenvalue weighted by Gasteiger charge is 2.10. The lowest BCUT2D eigenvalue weighted by molar-refractivity contribution is 0.0977. The van der Waals surface area contributed by atoms with Crippen LogP contribution in [0.25, 0.3) is 0 Å². The Kier molecular flexibility index (Phi) is 5.94. The van der Waals surface area contributed by atoms with Crippen LogP contribution in [0.15, 0.2) is 77.9 Å². The van der Waals surface area contributed by atoms with E-state index in [4.69, 9.17) is 0 Å². The van der Waals surface area contributed by atoms with Crippen molar-refractivity contribution in [1.82, 2.24) is 10.3 Å². The van der Waals surface area contributed by atoms with E-state index in [2.05, 4.69) is 20.6 Å². The van der Waals surface area contributed by atoms with Gasteiger partial charge in [0.2, 0.25) is 5.96 Å². The number of anilines is 1. The molecular weight excluding hydrogens is 336 g/mol. The number of aliphatic imine (C=N–C) groups is 1. The summed E-state index contributed by atoms with van der Waals surface area (Å²) in [6.45, 7) is 4.35. The van der Waals surface area contributed by atoms with E-state index in [0.717, 1.165) is 22.5 Å². The minimum Gasteiger partial charge on any atom is -0.326 e. The Hall–Kier alpha value is -3.47. The van der Waals surface area contributed by atoms with Gasteiger partial charge in [0.1, 0.15) is 0 Å². The summed E-state index contributed by atoms with van der Waals surface area (Å²) in [5, 5.41) is 6.05. The standard InChI is InChI=1S/C22H22N4O/c1-16-9-11-19(12-10-16)25-22(24-15-20-8-3-4-13-23-20)26-21(27)18-7-5-6-17(2)14-18/h3-14H,15H2,1-2H3,(H2,24,25,26,27). The van der Waals surface area contributed by atoms with Gasteiger partial charge in [0.05, 0.1) is 12.2 Å². The van der Waals surface area contributed by atoms with Crippen molar-refractivity contribution in [1.29, 1.82) is 0 Å². The molecule has 27 heavy (non-hydrogen) atoms. The first kappa shape index (κ1) is 18.3. The van der Waals surface area contributed by atoms with Gasteiger partial charge in [-0.1, -0.05) is 41.5 Å². The fraction of sp³-hybridized carbons (Fsp3) is 0.136. The van der Waals surface area contributed by atoms with Gasteiger partial charge in [0.15, 0.2) is 0 Å². The fourth-order valence-electron chi connectivity index (χ4n) is 2.50. The van der Waals surface area contributed by atoms with Gasteiger partial charge in [-0.15, -0.1) is 0 Å². The molecule has 0 radical (unpaired) electrons. The molecule has 5 heteroatoms. The zero-order chi connectivity index (χ0) is 19.1. The Morgan fingerprint density at radius 2 is 1.78 bits per heavy atom. The number of aryl methyl sites for hydroxylation is 2. The fourth-order valence-corrected chi connectivity index (χ4v) is 2.50. The largest absolute Gasteiger partial charge is 0.326 e. The molecule has 1 aromatic heterocycles. The maximum Gasteiger partial charge on any atom is 0.257 e. The van der Waals surface area contributed by atoms with Gasteiger partial charge in [-0.2, -0.15) is 0 Å². The number of aromatic nitrogens is 1. The molecule has 0 aliphatic carbocycles. The summed E-state index contributed by atoms with van der Waals surface area (Å²) in [5.74, 6) is 0.175. The van der Waals surface area contributed by atoms with Crippen molar-refractivity contribution < 1.29 is 4.79 Å². The molecule has 0 saturated carbocycles. The number of nitrogens with one attached hydrogen (secondary N) is 2. The summed E-state index contributed by atoms with van der Waals surface area (Å²) < 4.78 is 0. The van der Waals surface area contributed by atoms with Crippen LogP contribution in [0.3, 0.4) is 0 Å². The summed E-state index contributed by atoms with van der Waals surface area (Å²) in [7, 11) is 0. The normalized spacial score (nSPS) is 11.1. The predicted octanol–water partition coefficient (Wildman–Crippen LogP) is 4.10. The van der Waals surface area contributed by atoms with Crippen LogP contribution in [-0.4, -0.2) is 16.9 Å². The minimum atomic E-state index is -0.210. The van der Waals surface area contributed by atoms with Crippen molar-refractivity contribution in [2.24, 2.45) is 4.99 Å². The lowest BCUT2D eigenvalue weighted by Gasteiger charge is -2.12. The molecule has 0 aliphatic heterocycles. The molecule has 0 atom stereocenters. The van der Waals surface area contributed by atoms with Crippen molar-refractivity contribution in [3.8, 4) is 0 Å². The van der Waals surface area contributed by atoms with Crippen LogP contribution < -0.4 is 10.6 Å². The molecule has 2 N–H and O–H groups in total. The number of hydrogen-bond acceptors (Lipinski definition) is 3. The molecular formula is C22H22N4O. The number of carbonyl (C=O) groups excluding carboxylic acids is 1. The summed E-state index contributed by atoms with van der Waals surface area (Å²) >= 11 is 0. The zero-order valence-corrected chi connectivity index (χ0v) is 15.4. The molecule has 0 fully saturated rings. The van der Waals surface area contributed by atoms with Crippen molar-refractivity contribution in [3.63, 3.8) is 0 Å². The van der Waals surface area contributed by atoms with Gasteiger partial charge >= 0.3 is 0 Å². The van der Waals surface area contributed by atoms with Crippen LogP contribution in [-0.2, 0) is 6.54 Å². The number of benzene rings is 2. The van der Waals surface area contributed by atoms with Gasteiger partial charge in [-0.3, -0.25) is 15.1 Å². The van der Waals surface area contributed by atoms with E-state index < -0.39 is 0 Å². The van der Waals surface area contributed by atoms with Crippen LogP contribution in [0.5, 0.6) is 0 Å². The molecule has 5 nitrogen and oxygen atoms in total. The van der Waals surface area contributed by atoms with Crippen LogP contribution in [0.2, 0.25) is 0 Å². The van der Waals surface area contributed by atoms with Gasteiger partial charge < -0.3 is 5.32 Å². The van der Waals surface area contributed by atoms with E-state index in [0.29, 0.717) is 18.1 Å². The Bertz CT molecular complexity index is 934. The van der Waals surface area contributed by atoms with Gasteiger partial charge in [0.25, 0.3) is 5.91 Å². The maximum atomic E-state index is 12.6. The van der Waals surface area contributed by atoms with Crippen LogP contribution >= 0.6 is 0 Å². The van der Waals surface area contributed by atoms with E-state index in [1.807, 2.05) is 74.5 Å². The van der Waals surface area contributed by atoms with Crippen LogP contribution in [0.4, 0.5) is 5.69 Å². The van der Waals surface area contributed by atoms with Crippen LogP contribution in [0, 0.1) is 13.8 Å². The highest BCUT2D eigenvalue weighted by Crippen LogP contribution is 2.09. The van der Waals surface area contributed by atoms with E-state index in [1.165, 1.54) is 0 Å². The molecule has 3 rings (SSSR count). The first-order valence-electron chi connectivity index (χ1n) is 8.76. The molecule has 136 valence electrons. The molecule has 0 unspecified atom stereocenters. The monoisotopic (exact) mass is 358 g/mol. The summed E-state index contributed by atoms with van der Waals surface area (Å²) in [6.07, 6.45) is 1.73. The first-order chi connectivity index (χ1) is 13.1. The highest BCUT2D eigenvalue weighted by molar-refractivity contribution is 6.10. The van der Waals surface area contributed by atoms with E-state index in [1.54, 1.807) is 12.3 Å². The number of amides is 1. The third-order valence-corrected chi connectivity index (χ3v) is 3.95. The lowest BCUT2D eigenvalue weighted by atomic mass is 10.1. The molecule has 0 bridgehead atoms. The summed E-state index contributed by atoms with van der Waals surface area (Å²) in [5.41, 5.74) is 4.46. The van der Waals surface area contributed by atoms with Crippen LogP contribution in [0.1, 0.15) is 27.2 Å². The first-order valence-corrected chi connectivity index (χ1v) is 8.76. The van der Waals surface area contributed by atoms with Crippen molar-refractivity contribution in [2.75, 3.05) is 5.32 Å². The van der Waals surface area contributed by atoms with Gasteiger partial charge in [0, 0.05) is 17.4 Å². The summed E-state index contributed by atoms with van der Waals surface area (Å²) in [6, 6.07) is 21.0. The van der Waals surface area contributed by atoms with Crippen molar-refractivity contribution in [3.05, 3.63) is 95.3 Å². The molecule has 2 aromatic carbocycles. The lowest BCUT2D eigenvalue weighted by Crippen LogP contribution is -2.36. The summed E-state index contributed by atoms with van der Waals surface area (Å²) in [4.78, 5) is 21.4. The highest BCUT2D eigenvalue weighted by atomic mass is 16.1. The second-order valence-electron chi connectivity index (χ2n) is 6.30. The van der Waals surface area contributed by atoms with Gasteiger partial charge in [-0.05, 0) is 50.2 Å². The van der Waals surface area contributed by atoms with E-state index >= 15 is 0 Å². The zero-order valence-electron chi connectivity index (χ0n) is 15.4. The third-order valence-electron chi connectivity index (χ3n) is 3.95. The molecule has 0 spiro atoms. The average Bonchev–Trinajstić information content (AvgIpc) is 2.68. The Morgan fingerprint density at radius 3 is 2.48 bits per heavy atom. The number of pyridine rings is 1. The van der Waals surface area contributed by atoms with E-state index in [-0.39, 0.29) is 5.91 Å². The number of carbonyl (C=O) groups is 1. The second-order valence-corrected chi connectivity index (χ2v) is 6.30. The quantitative estimate of drug-likeness (QED) is 0.545. The topological polar surface area (TPSA) is 66.4 Å². The number of guanidine groups is 1. The van der Waals surface area contributed by atoms with Crippen molar-refractivity contribution in [2.45, 2.75) is 20.4 Å². The predicted molar refractivity (Wildman–Crippen MR) is 109 cm³/mol. The Balaban J connectivity index is 1.79. The molecule has 1 amide bonds.